The number of fused-ring (bicyclic) bond motifs is 1. The van der Waals surface area contributed by atoms with E-state index in [0.717, 1.165) is 21.4 Å². The van der Waals surface area contributed by atoms with Crippen molar-refractivity contribution in [3.05, 3.63) is 28.6 Å². The summed E-state index contributed by atoms with van der Waals surface area (Å²) in [6, 6.07) is 4.12. The van der Waals surface area contributed by atoms with E-state index in [1.54, 1.807) is 23.1 Å². The predicted octanol–water partition coefficient (Wildman–Crippen LogP) is 3.74. The summed E-state index contributed by atoms with van der Waals surface area (Å²) in [4.78, 5) is 12.1. The van der Waals surface area contributed by atoms with E-state index in [9.17, 15) is 4.79 Å². The zero-order chi connectivity index (χ0) is 10.1. The van der Waals surface area contributed by atoms with Gasteiger partial charge in [-0.05, 0) is 35.6 Å². The van der Waals surface area contributed by atoms with Crippen LogP contribution in [-0.4, -0.2) is 12.5 Å². The van der Waals surface area contributed by atoms with E-state index < -0.39 is 0 Å². The molecule has 14 heavy (non-hydrogen) atoms. The number of hydrogen-bond acceptors (Lipinski definition) is 3. The van der Waals surface area contributed by atoms with Crippen LogP contribution in [0, 0.1) is 6.92 Å². The van der Waals surface area contributed by atoms with E-state index in [4.69, 9.17) is 0 Å². The van der Waals surface area contributed by atoms with Crippen LogP contribution >= 0.6 is 23.1 Å². The average molecular weight is 222 g/mol. The minimum Gasteiger partial charge on any atom is -0.298 e. The lowest BCUT2D eigenvalue weighted by Crippen LogP contribution is -1.84. The van der Waals surface area contributed by atoms with Gasteiger partial charge in [0.1, 0.15) is 0 Å². The van der Waals surface area contributed by atoms with Crippen molar-refractivity contribution >= 4 is 39.5 Å². The first-order valence-electron chi connectivity index (χ1n) is 4.28. The number of hydrogen-bond donors (Lipinski definition) is 0. The Hall–Kier alpha value is -0.800. The fourth-order valence-corrected chi connectivity index (χ4v) is 3.22. The summed E-state index contributed by atoms with van der Waals surface area (Å²) in [5.74, 6) is 0. The molecule has 2 aromatic rings. The zero-order valence-electron chi connectivity index (χ0n) is 8.03. The maximum Gasteiger partial charge on any atom is 0.152 e. The summed E-state index contributed by atoms with van der Waals surface area (Å²) in [6.45, 7) is 2.08. The summed E-state index contributed by atoms with van der Waals surface area (Å²) in [5.41, 5.74) is 2.09. The normalized spacial score (nSPS) is 10.7. The second-order valence-electron chi connectivity index (χ2n) is 3.09. The van der Waals surface area contributed by atoms with Gasteiger partial charge in [0.05, 0.1) is 0 Å². The molecule has 0 atom stereocenters. The molecular weight excluding hydrogens is 212 g/mol. The van der Waals surface area contributed by atoms with Crippen molar-refractivity contribution < 1.29 is 4.79 Å². The third kappa shape index (κ3) is 1.37. The van der Waals surface area contributed by atoms with Gasteiger partial charge >= 0.3 is 0 Å². The largest absolute Gasteiger partial charge is 0.298 e. The fourth-order valence-electron chi connectivity index (χ4n) is 1.52. The highest BCUT2D eigenvalue weighted by molar-refractivity contribution is 7.98. The van der Waals surface area contributed by atoms with E-state index >= 15 is 0 Å². The molecule has 0 radical (unpaired) electrons. The molecule has 0 aliphatic heterocycles. The third-order valence-electron chi connectivity index (χ3n) is 2.27. The van der Waals surface area contributed by atoms with Crippen molar-refractivity contribution in [3.63, 3.8) is 0 Å². The first kappa shape index (κ1) is 9.74. The summed E-state index contributed by atoms with van der Waals surface area (Å²) in [6.07, 6.45) is 2.96. The molecule has 1 heterocycles. The molecule has 0 aliphatic rings. The molecule has 72 valence electrons. The highest BCUT2D eigenvalue weighted by atomic mass is 32.2. The number of carbonyl (C=O) groups is 1. The zero-order valence-corrected chi connectivity index (χ0v) is 9.67. The van der Waals surface area contributed by atoms with Crippen molar-refractivity contribution in [2.45, 2.75) is 11.8 Å². The molecule has 0 unspecified atom stereocenters. The van der Waals surface area contributed by atoms with Crippen LogP contribution in [0.4, 0.5) is 0 Å². The lowest BCUT2D eigenvalue weighted by Gasteiger charge is -2.02. The number of benzene rings is 1. The first-order chi connectivity index (χ1) is 6.77. The average Bonchev–Trinajstić information content (AvgIpc) is 2.59. The van der Waals surface area contributed by atoms with Gasteiger partial charge in [-0.3, -0.25) is 4.79 Å². The number of aryl methyl sites for hydroxylation is 1. The van der Waals surface area contributed by atoms with E-state index in [-0.39, 0.29) is 0 Å². The minimum atomic E-state index is 0.841. The van der Waals surface area contributed by atoms with Gasteiger partial charge in [0, 0.05) is 15.2 Å². The van der Waals surface area contributed by atoms with Crippen molar-refractivity contribution in [3.8, 4) is 0 Å². The quantitative estimate of drug-likeness (QED) is 0.568. The van der Waals surface area contributed by atoms with Gasteiger partial charge in [-0.2, -0.15) is 0 Å². The second kappa shape index (κ2) is 3.75. The molecule has 0 aliphatic carbocycles. The van der Waals surface area contributed by atoms with Gasteiger partial charge in [-0.25, -0.2) is 0 Å². The topological polar surface area (TPSA) is 17.1 Å². The number of aldehydes is 1. The smallest absolute Gasteiger partial charge is 0.152 e. The van der Waals surface area contributed by atoms with E-state index in [1.807, 2.05) is 12.3 Å². The van der Waals surface area contributed by atoms with Crippen LogP contribution in [0.15, 0.2) is 22.4 Å². The molecule has 0 bridgehead atoms. The molecule has 0 fully saturated rings. The van der Waals surface area contributed by atoms with Gasteiger partial charge < -0.3 is 0 Å². The van der Waals surface area contributed by atoms with E-state index in [1.165, 1.54) is 10.9 Å². The maximum absolute atomic E-state index is 11.0. The summed E-state index contributed by atoms with van der Waals surface area (Å²) >= 11 is 3.27. The Bertz CT molecular complexity index is 485. The molecule has 0 amide bonds. The standard InChI is InChI=1S/C11H10OS2/c1-7-6-14-11-8(7)3-4-10(13-2)9(11)5-12/h3-6H,1-2H3. The maximum atomic E-state index is 11.0. The molecule has 2 rings (SSSR count). The lowest BCUT2D eigenvalue weighted by molar-refractivity contribution is 0.112. The van der Waals surface area contributed by atoms with Crippen molar-refractivity contribution in [2.75, 3.05) is 6.26 Å². The van der Waals surface area contributed by atoms with Crippen LogP contribution in [-0.2, 0) is 0 Å². The molecule has 0 N–H and O–H groups in total. The highest BCUT2D eigenvalue weighted by Crippen LogP contribution is 2.33. The van der Waals surface area contributed by atoms with Gasteiger partial charge in [0.25, 0.3) is 0 Å². The second-order valence-corrected chi connectivity index (χ2v) is 4.82. The number of thiophene rings is 1. The van der Waals surface area contributed by atoms with Crippen molar-refractivity contribution in [1.82, 2.24) is 0 Å². The number of thioether (sulfide) groups is 1. The van der Waals surface area contributed by atoms with Crippen LogP contribution in [0.2, 0.25) is 0 Å². The Morgan fingerprint density at radius 3 is 2.86 bits per heavy atom. The van der Waals surface area contributed by atoms with Crippen LogP contribution in [0.5, 0.6) is 0 Å². The lowest BCUT2D eigenvalue weighted by atomic mass is 10.1. The van der Waals surface area contributed by atoms with Crippen molar-refractivity contribution in [1.29, 1.82) is 0 Å². The Morgan fingerprint density at radius 1 is 1.43 bits per heavy atom. The van der Waals surface area contributed by atoms with Crippen LogP contribution < -0.4 is 0 Å². The SMILES string of the molecule is CSc1ccc2c(C)csc2c1C=O. The van der Waals surface area contributed by atoms with Crippen LogP contribution in [0.25, 0.3) is 10.1 Å². The van der Waals surface area contributed by atoms with E-state index in [0.29, 0.717) is 0 Å². The van der Waals surface area contributed by atoms with Gasteiger partial charge in [0.2, 0.25) is 0 Å². The monoisotopic (exact) mass is 222 g/mol. The Kier molecular flexibility index (Phi) is 2.61. The molecule has 0 saturated heterocycles. The van der Waals surface area contributed by atoms with Gasteiger partial charge in [-0.15, -0.1) is 23.1 Å². The number of carbonyl (C=O) groups excluding carboxylic acids is 1. The molecule has 1 aromatic carbocycles. The Labute approximate surface area is 91.1 Å². The Balaban J connectivity index is 2.84. The third-order valence-corrected chi connectivity index (χ3v) is 4.21. The number of rotatable bonds is 2. The molecule has 1 aromatic heterocycles. The molecular formula is C11H10OS2. The first-order valence-corrected chi connectivity index (χ1v) is 6.38. The Morgan fingerprint density at radius 2 is 2.21 bits per heavy atom. The summed E-state index contributed by atoms with van der Waals surface area (Å²) < 4.78 is 1.12. The molecule has 1 nitrogen and oxygen atoms in total. The van der Waals surface area contributed by atoms with Crippen molar-refractivity contribution in [2.24, 2.45) is 0 Å². The molecule has 3 heteroatoms. The highest BCUT2D eigenvalue weighted by Gasteiger charge is 2.08. The molecule has 0 spiro atoms. The predicted molar refractivity (Wildman–Crippen MR) is 63.7 cm³/mol. The van der Waals surface area contributed by atoms with Crippen LogP contribution in [0.1, 0.15) is 15.9 Å². The van der Waals surface area contributed by atoms with Gasteiger partial charge in [0.15, 0.2) is 6.29 Å². The van der Waals surface area contributed by atoms with Gasteiger partial charge in [-0.1, -0.05) is 6.07 Å². The summed E-state index contributed by atoms with van der Waals surface area (Å²) in [5, 5.41) is 3.30. The van der Waals surface area contributed by atoms with Crippen LogP contribution in [0.3, 0.4) is 0 Å². The van der Waals surface area contributed by atoms with E-state index in [2.05, 4.69) is 18.4 Å². The minimum absolute atomic E-state index is 0.841. The fraction of sp³-hybridized carbons (Fsp3) is 0.182. The molecule has 0 saturated carbocycles. The summed E-state index contributed by atoms with van der Waals surface area (Å²) in [7, 11) is 0.